The van der Waals surface area contributed by atoms with Crippen LogP contribution in [0.2, 0.25) is 0 Å². The van der Waals surface area contributed by atoms with Gasteiger partial charge in [-0.2, -0.15) is 0 Å². The number of ether oxygens (including phenoxy) is 1. The summed E-state index contributed by atoms with van der Waals surface area (Å²) in [6.45, 7) is 6.76. The number of carboxylic acids is 2. The number of rotatable bonds is 11. The number of hydrogen-bond acceptors (Lipinski definition) is 4. The molecule has 7 heteroatoms. The van der Waals surface area contributed by atoms with Crippen molar-refractivity contribution in [3.8, 4) is 0 Å². The van der Waals surface area contributed by atoms with Crippen LogP contribution in [-0.2, 0) is 19.1 Å². The van der Waals surface area contributed by atoms with Crippen molar-refractivity contribution < 1.29 is 29.3 Å². The van der Waals surface area contributed by atoms with Gasteiger partial charge in [-0.25, -0.2) is 4.79 Å². The van der Waals surface area contributed by atoms with Crippen molar-refractivity contribution in [1.82, 2.24) is 0 Å². The van der Waals surface area contributed by atoms with Crippen LogP contribution in [-0.4, -0.2) is 64.3 Å². The number of carboxylic acid groups (broad SMARTS) is 2. The summed E-state index contributed by atoms with van der Waals surface area (Å²) >= 11 is 0. The Bertz CT molecular complexity index is 365. The summed E-state index contributed by atoms with van der Waals surface area (Å²) in [7, 11) is 0. The van der Waals surface area contributed by atoms with Crippen molar-refractivity contribution in [1.29, 1.82) is 0 Å². The number of carbonyl (C=O) groups excluding carboxylic acids is 1. The minimum atomic E-state index is -1.08. The molecule has 0 heterocycles. The molecule has 2 N–H and O–H groups in total. The summed E-state index contributed by atoms with van der Waals surface area (Å²) in [6.07, 6.45) is 7.60. The topological polar surface area (TPSA) is 101 Å². The van der Waals surface area contributed by atoms with Gasteiger partial charge in [0, 0.05) is 5.57 Å². The maximum absolute atomic E-state index is 11.5. The van der Waals surface area contributed by atoms with Crippen LogP contribution in [0.1, 0.15) is 72.1 Å². The van der Waals surface area contributed by atoms with Crippen molar-refractivity contribution in [2.75, 3.05) is 6.61 Å². The molecule has 0 saturated heterocycles. The van der Waals surface area contributed by atoms with Crippen LogP contribution in [0.25, 0.3) is 0 Å². The van der Waals surface area contributed by atoms with Gasteiger partial charge in [0.25, 0.3) is 0 Å². The van der Waals surface area contributed by atoms with Crippen LogP contribution in [0.5, 0.6) is 0 Å². The third-order valence-electron chi connectivity index (χ3n) is 2.88. The van der Waals surface area contributed by atoms with Crippen molar-refractivity contribution in [3.63, 3.8) is 0 Å². The van der Waals surface area contributed by atoms with Crippen LogP contribution >= 0.6 is 0 Å². The molecule has 6 nitrogen and oxygen atoms in total. The molecule has 0 rings (SSSR count). The second-order valence-electron chi connectivity index (χ2n) is 4.98. The normalized spacial score (nSPS) is 10.0. The van der Waals surface area contributed by atoms with E-state index in [1.54, 1.807) is 0 Å². The Morgan fingerprint density at radius 3 is 1.83 bits per heavy atom. The van der Waals surface area contributed by atoms with Gasteiger partial charge < -0.3 is 14.9 Å². The van der Waals surface area contributed by atoms with Crippen LogP contribution in [0.15, 0.2) is 11.6 Å². The number of carbonyl (C=O) groups is 3. The molecule has 0 spiro atoms. The van der Waals surface area contributed by atoms with Gasteiger partial charge in [0.2, 0.25) is 0 Å². The molecule has 0 bridgehead atoms. The summed E-state index contributed by atoms with van der Waals surface area (Å²) in [6, 6.07) is 0. The van der Waals surface area contributed by atoms with E-state index in [0.717, 1.165) is 31.3 Å². The zero-order valence-electron chi connectivity index (χ0n) is 14.5. The minimum absolute atomic E-state index is 0. The predicted molar refractivity (Wildman–Crippen MR) is 95.4 cm³/mol. The zero-order valence-corrected chi connectivity index (χ0v) is 14.5. The van der Waals surface area contributed by atoms with Crippen molar-refractivity contribution in [3.05, 3.63) is 11.6 Å². The summed E-state index contributed by atoms with van der Waals surface area (Å²) in [5.41, 5.74) is 0.813. The molecule has 0 aliphatic rings. The van der Waals surface area contributed by atoms with Crippen LogP contribution in [0, 0.1) is 0 Å². The molecular formula is C17H31NaO6. The van der Waals surface area contributed by atoms with E-state index in [4.69, 9.17) is 14.9 Å². The molecule has 0 aromatic carbocycles. The SMILES string of the molecule is CCC=C(CC)C(=O)OCCCCCC.O=C(O)CCC(=O)O.[NaH]. The summed E-state index contributed by atoms with van der Waals surface area (Å²) in [4.78, 5) is 30.8. The van der Waals surface area contributed by atoms with E-state index in [2.05, 4.69) is 6.92 Å². The van der Waals surface area contributed by atoms with E-state index >= 15 is 0 Å². The third-order valence-corrected chi connectivity index (χ3v) is 2.88. The van der Waals surface area contributed by atoms with E-state index < -0.39 is 11.9 Å². The molecule has 0 aromatic rings. The summed E-state index contributed by atoms with van der Waals surface area (Å²) < 4.78 is 5.19. The monoisotopic (exact) mass is 354 g/mol. The molecular weight excluding hydrogens is 323 g/mol. The summed E-state index contributed by atoms with van der Waals surface area (Å²) in [5, 5.41) is 15.8. The van der Waals surface area contributed by atoms with Gasteiger partial charge in [-0.15, -0.1) is 0 Å². The number of esters is 1. The molecule has 136 valence electrons. The Kier molecular flexibility index (Phi) is 23.5. The first kappa shape index (κ1) is 28.0. The third kappa shape index (κ3) is 21.1. The van der Waals surface area contributed by atoms with Gasteiger partial charge in [-0.1, -0.05) is 46.1 Å². The van der Waals surface area contributed by atoms with Crippen LogP contribution in [0.3, 0.4) is 0 Å². The van der Waals surface area contributed by atoms with Crippen molar-refractivity contribution >= 4 is 47.5 Å². The van der Waals surface area contributed by atoms with Gasteiger partial charge in [-0.05, 0) is 19.3 Å². The molecule has 0 aliphatic carbocycles. The van der Waals surface area contributed by atoms with E-state index in [1.807, 2.05) is 19.9 Å². The van der Waals surface area contributed by atoms with Crippen LogP contribution < -0.4 is 0 Å². The fourth-order valence-corrected chi connectivity index (χ4v) is 1.62. The number of allylic oxidation sites excluding steroid dienone is 1. The molecule has 0 aliphatic heterocycles. The first-order valence-electron chi connectivity index (χ1n) is 8.18. The molecule has 0 aromatic heterocycles. The van der Waals surface area contributed by atoms with E-state index in [1.165, 1.54) is 12.8 Å². The zero-order chi connectivity index (χ0) is 18.1. The van der Waals surface area contributed by atoms with Crippen molar-refractivity contribution in [2.24, 2.45) is 0 Å². The Morgan fingerprint density at radius 2 is 1.46 bits per heavy atom. The molecule has 0 atom stereocenters. The molecule has 0 fully saturated rings. The summed E-state index contributed by atoms with van der Waals surface area (Å²) in [5.74, 6) is -2.28. The maximum atomic E-state index is 11.5. The first-order valence-corrected chi connectivity index (χ1v) is 8.18. The Morgan fingerprint density at radius 1 is 0.917 bits per heavy atom. The molecule has 0 saturated carbocycles. The van der Waals surface area contributed by atoms with E-state index in [0.29, 0.717) is 6.61 Å². The van der Waals surface area contributed by atoms with Crippen molar-refractivity contribution in [2.45, 2.75) is 72.1 Å². The predicted octanol–water partition coefficient (Wildman–Crippen LogP) is 3.14. The van der Waals surface area contributed by atoms with Gasteiger partial charge in [0.15, 0.2) is 0 Å². The number of unbranched alkanes of at least 4 members (excludes halogenated alkanes) is 3. The molecule has 24 heavy (non-hydrogen) atoms. The molecule has 0 radical (unpaired) electrons. The fraction of sp³-hybridized carbons (Fsp3) is 0.706. The van der Waals surface area contributed by atoms with Gasteiger partial charge in [0.05, 0.1) is 19.4 Å². The number of hydrogen-bond donors (Lipinski definition) is 2. The number of aliphatic carboxylic acids is 2. The fourth-order valence-electron chi connectivity index (χ4n) is 1.62. The van der Waals surface area contributed by atoms with Gasteiger partial charge in [-0.3, -0.25) is 9.59 Å². The van der Waals surface area contributed by atoms with Gasteiger partial charge in [0.1, 0.15) is 0 Å². The Balaban J connectivity index is -0.000000419. The molecule has 0 amide bonds. The van der Waals surface area contributed by atoms with E-state index in [-0.39, 0.29) is 48.4 Å². The molecule has 0 unspecified atom stereocenters. The van der Waals surface area contributed by atoms with E-state index in [9.17, 15) is 14.4 Å². The Labute approximate surface area is 166 Å². The second-order valence-corrected chi connectivity index (χ2v) is 4.98. The quantitative estimate of drug-likeness (QED) is 0.256. The second kappa shape index (κ2) is 20.2. The average molecular weight is 354 g/mol. The standard InChI is InChI=1S/C13H24O2.C4H6O4.Na.H/c1-4-7-8-9-11-15-13(14)12(6-3)10-5-2;5-3(6)1-2-4(7)8;;/h10H,4-9,11H2,1-3H3;1-2H2,(H,5,6)(H,7,8);;. The Hall–Kier alpha value is -0.850. The van der Waals surface area contributed by atoms with Gasteiger partial charge >= 0.3 is 47.5 Å². The average Bonchev–Trinajstić information content (AvgIpc) is 2.50. The van der Waals surface area contributed by atoms with Crippen LogP contribution in [0.4, 0.5) is 0 Å². The first-order chi connectivity index (χ1) is 10.9.